The van der Waals surface area contributed by atoms with Crippen molar-refractivity contribution >= 4 is 28.6 Å². The van der Waals surface area contributed by atoms with Crippen LogP contribution < -0.4 is 15.5 Å². The third kappa shape index (κ3) is 3.93. The van der Waals surface area contributed by atoms with Gasteiger partial charge in [-0.3, -0.25) is 0 Å². The number of anilines is 2. The lowest BCUT2D eigenvalue weighted by atomic mass is 9.98. The number of nitrogens with zero attached hydrogens (tertiary/aromatic N) is 3. The molecule has 1 aliphatic rings. The molecule has 3 N–H and O–H groups in total. The van der Waals surface area contributed by atoms with Gasteiger partial charge in [-0.1, -0.05) is 13.8 Å². The zero-order valence-corrected chi connectivity index (χ0v) is 17.0. The van der Waals surface area contributed by atoms with Gasteiger partial charge in [-0.15, -0.1) is 0 Å². The van der Waals surface area contributed by atoms with Gasteiger partial charge in [0.1, 0.15) is 17.2 Å². The molecule has 9 heteroatoms. The number of urea groups is 1. The van der Waals surface area contributed by atoms with Gasteiger partial charge in [0.25, 0.3) is 0 Å². The molecule has 1 aliphatic heterocycles. The molecule has 0 saturated carbocycles. The molecule has 0 bridgehead atoms. The Morgan fingerprint density at radius 1 is 1.30 bits per heavy atom. The number of aromatic nitrogens is 2. The van der Waals surface area contributed by atoms with E-state index >= 15 is 0 Å². The van der Waals surface area contributed by atoms with Crippen molar-refractivity contribution in [1.29, 1.82) is 0 Å². The number of benzene rings is 1. The van der Waals surface area contributed by atoms with Gasteiger partial charge >= 0.3 is 6.03 Å². The van der Waals surface area contributed by atoms with Gasteiger partial charge < -0.3 is 25.1 Å². The van der Waals surface area contributed by atoms with E-state index in [4.69, 9.17) is 4.42 Å². The number of hydrogen-bond acceptors (Lipinski definition) is 6. The minimum Gasteiger partial charge on any atom is -0.459 e. The predicted octanol–water partition coefficient (Wildman–Crippen LogP) is 3.37. The molecule has 8 nitrogen and oxygen atoms in total. The Hall–Kier alpha value is -3.20. The van der Waals surface area contributed by atoms with Crippen LogP contribution in [-0.2, 0) is 0 Å². The molecule has 3 heterocycles. The minimum absolute atomic E-state index is 0.0383. The lowest BCUT2D eigenvalue weighted by Gasteiger charge is -2.35. The van der Waals surface area contributed by atoms with Crippen LogP contribution in [0.5, 0.6) is 0 Å². The van der Waals surface area contributed by atoms with Crippen molar-refractivity contribution in [2.75, 3.05) is 23.3 Å². The molecule has 0 spiro atoms. The Kier molecular flexibility index (Phi) is 5.29. The smallest absolute Gasteiger partial charge is 0.319 e. The maximum atomic E-state index is 13.6. The second kappa shape index (κ2) is 7.91. The molecule has 4 rings (SSSR count). The minimum atomic E-state index is -0.421. The number of hydrogen-bond donors (Lipinski definition) is 3. The highest BCUT2D eigenvalue weighted by Crippen LogP contribution is 2.33. The number of aliphatic hydroxyl groups excluding tert-OH is 1. The predicted molar refractivity (Wildman–Crippen MR) is 111 cm³/mol. The SMILES string of the molecule is Cc1c([C@@H](NC(=O)Nc2cnc(N3CC(O)C3)nc2)C(C)C)oc2ccc(F)cc12. The lowest BCUT2D eigenvalue weighted by Crippen LogP contribution is -2.51. The maximum absolute atomic E-state index is 13.6. The Balaban J connectivity index is 1.47. The first kappa shape index (κ1) is 20.1. The number of carbonyl (C=O) groups excluding carboxylic acids is 1. The number of aliphatic hydroxyl groups is 1. The highest BCUT2D eigenvalue weighted by atomic mass is 19.1. The number of carbonyl (C=O) groups is 1. The summed E-state index contributed by atoms with van der Waals surface area (Å²) in [5.74, 6) is 0.817. The van der Waals surface area contributed by atoms with E-state index in [1.54, 1.807) is 6.07 Å². The molecular formula is C21H24FN5O3. The van der Waals surface area contributed by atoms with Crippen molar-refractivity contribution in [3.8, 4) is 0 Å². The van der Waals surface area contributed by atoms with Crippen molar-refractivity contribution in [2.24, 2.45) is 5.92 Å². The average molecular weight is 413 g/mol. The molecule has 158 valence electrons. The second-order valence-corrected chi connectivity index (χ2v) is 7.88. The first-order valence-electron chi connectivity index (χ1n) is 9.83. The molecule has 2 aromatic heterocycles. The summed E-state index contributed by atoms with van der Waals surface area (Å²) < 4.78 is 19.6. The Morgan fingerprint density at radius 2 is 2.00 bits per heavy atom. The summed E-state index contributed by atoms with van der Waals surface area (Å²) in [5.41, 5.74) is 1.83. The van der Waals surface area contributed by atoms with Gasteiger partial charge in [0, 0.05) is 24.0 Å². The van der Waals surface area contributed by atoms with E-state index in [1.165, 1.54) is 24.5 Å². The fourth-order valence-electron chi connectivity index (χ4n) is 3.52. The Bertz CT molecular complexity index is 1060. The number of furan rings is 1. The van der Waals surface area contributed by atoms with E-state index in [2.05, 4.69) is 20.6 Å². The van der Waals surface area contributed by atoms with E-state index in [9.17, 15) is 14.3 Å². The summed E-state index contributed by atoms with van der Waals surface area (Å²) in [6, 6.07) is 3.56. The van der Waals surface area contributed by atoms with E-state index in [0.717, 1.165) is 5.56 Å². The molecule has 0 radical (unpaired) electrons. The van der Waals surface area contributed by atoms with Crippen LogP contribution in [0.2, 0.25) is 0 Å². The highest BCUT2D eigenvalue weighted by Gasteiger charge is 2.27. The normalized spacial score (nSPS) is 15.3. The topological polar surface area (TPSA) is 104 Å². The van der Waals surface area contributed by atoms with Crippen molar-refractivity contribution in [3.05, 3.63) is 47.7 Å². The zero-order valence-electron chi connectivity index (χ0n) is 17.0. The van der Waals surface area contributed by atoms with E-state index < -0.39 is 12.1 Å². The quantitative estimate of drug-likeness (QED) is 0.593. The average Bonchev–Trinajstić information content (AvgIpc) is 3.00. The van der Waals surface area contributed by atoms with Crippen LogP contribution in [0, 0.1) is 18.7 Å². The van der Waals surface area contributed by atoms with Crippen LogP contribution in [-0.4, -0.2) is 40.3 Å². The third-order valence-electron chi connectivity index (χ3n) is 5.21. The maximum Gasteiger partial charge on any atom is 0.319 e. The first-order chi connectivity index (χ1) is 14.3. The summed E-state index contributed by atoms with van der Waals surface area (Å²) in [4.78, 5) is 22.9. The van der Waals surface area contributed by atoms with Gasteiger partial charge in [-0.05, 0) is 31.0 Å². The summed E-state index contributed by atoms with van der Waals surface area (Å²) in [7, 11) is 0. The Morgan fingerprint density at radius 3 is 2.63 bits per heavy atom. The number of fused-ring (bicyclic) bond motifs is 1. The fourth-order valence-corrected chi connectivity index (χ4v) is 3.52. The van der Waals surface area contributed by atoms with Gasteiger partial charge in [0.05, 0.1) is 30.2 Å². The molecule has 1 aromatic carbocycles. The van der Waals surface area contributed by atoms with E-state index in [1.807, 2.05) is 25.7 Å². The third-order valence-corrected chi connectivity index (χ3v) is 5.21. The van der Waals surface area contributed by atoms with Crippen molar-refractivity contribution in [3.63, 3.8) is 0 Å². The fraction of sp³-hybridized carbons (Fsp3) is 0.381. The molecule has 1 fully saturated rings. The monoisotopic (exact) mass is 413 g/mol. The van der Waals surface area contributed by atoms with Crippen molar-refractivity contribution in [2.45, 2.75) is 32.9 Å². The second-order valence-electron chi connectivity index (χ2n) is 7.88. The lowest BCUT2D eigenvalue weighted by molar-refractivity contribution is 0.140. The molecule has 2 amide bonds. The summed E-state index contributed by atoms with van der Waals surface area (Å²) in [5, 5.41) is 15.7. The van der Waals surface area contributed by atoms with E-state index in [0.29, 0.717) is 41.5 Å². The molecule has 0 unspecified atom stereocenters. The van der Waals surface area contributed by atoms with Crippen LogP contribution in [0.15, 0.2) is 35.0 Å². The molecule has 1 saturated heterocycles. The summed E-state index contributed by atoms with van der Waals surface area (Å²) >= 11 is 0. The van der Waals surface area contributed by atoms with Gasteiger partial charge in [0.2, 0.25) is 5.95 Å². The van der Waals surface area contributed by atoms with Gasteiger partial charge in [-0.25, -0.2) is 19.2 Å². The Labute approximate surface area is 173 Å². The summed E-state index contributed by atoms with van der Waals surface area (Å²) in [6.45, 7) is 6.80. The highest BCUT2D eigenvalue weighted by molar-refractivity contribution is 5.89. The van der Waals surface area contributed by atoms with Gasteiger partial charge in [-0.2, -0.15) is 0 Å². The number of nitrogens with one attached hydrogen (secondary N) is 2. The number of amides is 2. The van der Waals surface area contributed by atoms with Crippen molar-refractivity contribution < 1.29 is 18.7 Å². The van der Waals surface area contributed by atoms with Crippen LogP contribution in [0.3, 0.4) is 0 Å². The van der Waals surface area contributed by atoms with Crippen molar-refractivity contribution in [1.82, 2.24) is 15.3 Å². The molecule has 3 aromatic rings. The number of rotatable bonds is 5. The first-order valence-corrected chi connectivity index (χ1v) is 9.83. The van der Waals surface area contributed by atoms with E-state index in [-0.39, 0.29) is 17.8 Å². The standard InChI is InChI=1S/C21H24FN5O3/c1-11(2)18(19-12(3)16-6-13(22)4-5-17(16)30-19)26-21(29)25-14-7-23-20(24-8-14)27-9-15(28)10-27/h4-8,11,15,18,28H,9-10H2,1-3H3,(H2,25,26,29)/t18-/m0/s1. The van der Waals surface area contributed by atoms with Crippen LogP contribution in [0.4, 0.5) is 20.8 Å². The molecular weight excluding hydrogens is 389 g/mol. The number of aryl methyl sites for hydroxylation is 1. The summed E-state index contributed by atoms with van der Waals surface area (Å²) in [6.07, 6.45) is 2.70. The van der Waals surface area contributed by atoms with Gasteiger partial charge in [0.15, 0.2) is 0 Å². The molecule has 0 aliphatic carbocycles. The van der Waals surface area contributed by atoms with Crippen LogP contribution in [0.25, 0.3) is 11.0 Å². The number of halogens is 1. The molecule has 30 heavy (non-hydrogen) atoms. The molecule has 1 atom stereocenters. The number of β-amino-alcohol motifs (C(OH)–C–C–N with tert-alkyl or cyclic N) is 1. The van der Waals surface area contributed by atoms with Crippen LogP contribution >= 0.6 is 0 Å². The zero-order chi connectivity index (χ0) is 21.4. The largest absolute Gasteiger partial charge is 0.459 e. The van der Waals surface area contributed by atoms with Crippen LogP contribution in [0.1, 0.15) is 31.2 Å².